The first-order valence-corrected chi connectivity index (χ1v) is 4.53. The van der Waals surface area contributed by atoms with E-state index in [9.17, 15) is 13.2 Å². The summed E-state index contributed by atoms with van der Waals surface area (Å²) >= 11 is 0. The summed E-state index contributed by atoms with van der Waals surface area (Å²) in [5, 5.41) is 0. The van der Waals surface area contributed by atoms with Crippen molar-refractivity contribution in [2.45, 2.75) is 13.8 Å². The molecule has 6 heteroatoms. The third-order valence-corrected chi connectivity index (χ3v) is 2.35. The fourth-order valence-electron chi connectivity index (χ4n) is 1.32. The van der Waals surface area contributed by atoms with E-state index < -0.39 is 17.6 Å². The molecule has 0 unspecified atom stereocenters. The summed E-state index contributed by atoms with van der Waals surface area (Å²) in [4.78, 5) is 7.15. The summed E-state index contributed by atoms with van der Waals surface area (Å²) < 4.78 is 40.2. The second kappa shape index (κ2) is 3.62. The van der Waals surface area contributed by atoms with Crippen molar-refractivity contribution in [1.82, 2.24) is 14.5 Å². The number of rotatable bonds is 1. The van der Waals surface area contributed by atoms with Crippen LogP contribution in [0.25, 0.3) is 5.82 Å². The van der Waals surface area contributed by atoms with Gasteiger partial charge >= 0.3 is 0 Å². The summed E-state index contributed by atoms with van der Waals surface area (Å²) in [7, 11) is 0. The summed E-state index contributed by atoms with van der Waals surface area (Å²) in [5.41, 5.74) is 1.29. The predicted octanol–water partition coefficient (Wildman–Crippen LogP) is 2.30. The zero-order chi connectivity index (χ0) is 11.9. The molecule has 0 spiro atoms. The Kier molecular flexibility index (Phi) is 2.41. The van der Waals surface area contributed by atoms with Crippen molar-refractivity contribution >= 4 is 0 Å². The smallest absolute Gasteiger partial charge is 0.251 e. The highest BCUT2D eigenvalue weighted by atomic mass is 19.2. The summed E-state index contributed by atoms with van der Waals surface area (Å²) in [6.07, 6.45) is 1.31. The molecule has 0 aliphatic rings. The maximum absolute atomic E-state index is 13.4. The van der Waals surface area contributed by atoms with Crippen molar-refractivity contribution in [2.24, 2.45) is 0 Å². The number of hydrogen-bond donors (Lipinski definition) is 0. The second-order valence-corrected chi connectivity index (χ2v) is 3.35. The maximum Gasteiger partial charge on any atom is 0.251 e. The zero-order valence-corrected chi connectivity index (χ0v) is 8.63. The van der Waals surface area contributed by atoms with Gasteiger partial charge in [0.1, 0.15) is 6.33 Å². The van der Waals surface area contributed by atoms with Crippen LogP contribution in [0.4, 0.5) is 13.2 Å². The van der Waals surface area contributed by atoms with Crippen LogP contribution in [0.3, 0.4) is 0 Å². The number of pyridine rings is 1. The number of aryl methyl sites for hydroxylation is 1. The van der Waals surface area contributed by atoms with Gasteiger partial charge in [-0.2, -0.15) is 9.37 Å². The van der Waals surface area contributed by atoms with E-state index in [0.29, 0.717) is 17.5 Å². The molecule has 16 heavy (non-hydrogen) atoms. The molecule has 0 N–H and O–H groups in total. The first-order valence-electron chi connectivity index (χ1n) is 4.53. The molecule has 2 aromatic rings. The highest BCUT2D eigenvalue weighted by molar-refractivity contribution is 5.29. The minimum Gasteiger partial charge on any atom is -0.285 e. The highest BCUT2D eigenvalue weighted by Gasteiger charge is 2.15. The van der Waals surface area contributed by atoms with Gasteiger partial charge in [-0.25, -0.2) is 13.8 Å². The second-order valence-electron chi connectivity index (χ2n) is 3.35. The van der Waals surface area contributed by atoms with Crippen LogP contribution in [-0.4, -0.2) is 14.5 Å². The minimum atomic E-state index is -1.33. The fraction of sp³-hybridized carbons (Fsp3) is 0.200. The lowest BCUT2D eigenvalue weighted by molar-refractivity contribution is 0.460. The number of aromatic nitrogens is 3. The minimum absolute atomic E-state index is 0.294. The molecule has 0 aromatic carbocycles. The molecule has 2 aromatic heterocycles. The third-order valence-electron chi connectivity index (χ3n) is 2.35. The SMILES string of the molecule is Cc1ncn(-c2nc(F)c(F)cc2F)c1C. The standard InChI is InChI=1S/C10H8F3N3/c1-5-6(2)16(4-14-5)10-8(12)3-7(11)9(13)15-10/h3-4H,1-2H3. The van der Waals surface area contributed by atoms with Crippen LogP contribution in [0.1, 0.15) is 11.4 Å². The Balaban J connectivity index is 2.65. The molecule has 0 aliphatic heterocycles. The zero-order valence-electron chi connectivity index (χ0n) is 8.63. The first kappa shape index (κ1) is 10.7. The summed E-state index contributed by atoms with van der Waals surface area (Å²) in [6, 6.07) is 0.465. The lowest BCUT2D eigenvalue weighted by Crippen LogP contribution is -2.05. The van der Waals surface area contributed by atoms with Gasteiger partial charge in [-0.1, -0.05) is 0 Å². The predicted molar refractivity (Wildman–Crippen MR) is 50.7 cm³/mol. The van der Waals surface area contributed by atoms with Crippen molar-refractivity contribution in [3.63, 3.8) is 0 Å². The van der Waals surface area contributed by atoms with Gasteiger partial charge in [-0.3, -0.25) is 4.57 Å². The largest absolute Gasteiger partial charge is 0.285 e. The highest BCUT2D eigenvalue weighted by Crippen LogP contribution is 2.17. The maximum atomic E-state index is 13.4. The van der Waals surface area contributed by atoms with Gasteiger partial charge in [0.05, 0.1) is 5.69 Å². The van der Waals surface area contributed by atoms with E-state index in [1.165, 1.54) is 10.9 Å². The molecule has 0 aliphatic carbocycles. The molecule has 3 nitrogen and oxygen atoms in total. The Morgan fingerprint density at radius 3 is 2.38 bits per heavy atom. The van der Waals surface area contributed by atoms with Crippen molar-refractivity contribution in [2.75, 3.05) is 0 Å². The van der Waals surface area contributed by atoms with Crippen molar-refractivity contribution in [3.05, 3.63) is 41.4 Å². The Labute approximate surface area is 89.6 Å². The van der Waals surface area contributed by atoms with Crippen LogP contribution < -0.4 is 0 Å². The Hall–Kier alpha value is -1.85. The molecule has 84 valence electrons. The third kappa shape index (κ3) is 1.56. The average molecular weight is 227 g/mol. The fourth-order valence-corrected chi connectivity index (χ4v) is 1.32. The van der Waals surface area contributed by atoms with E-state index in [4.69, 9.17) is 0 Å². The molecule has 0 saturated carbocycles. The molecule has 0 bridgehead atoms. The molecule has 0 fully saturated rings. The molecule has 0 amide bonds. The summed E-state index contributed by atoms with van der Waals surface area (Å²) in [6.45, 7) is 3.41. The van der Waals surface area contributed by atoms with Gasteiger partial charge in [0.15, 0.2) is 17.5 Å². The molecule has 0 saturated heterocycles. The van der Waals surface area contributed by atoms with Crippen molar-refractivity contribution in [1.29, 1.82) is 0 Å². The van der Waals surface area contributed by atoms with Crippen LogP contribution in [0, 0.1) is 31.4 Å². The van der Waals surface area contributed by atoms with Crippen molar-refractivity contribution in [3.8, 4) is 5.82 Å². The van der Waals surface area contributed by atoms with Gasteiger partial charge in [0, 0.05) is 11.8 Å². The van der Waals surface area contributed by atoms with E-state index in [2.05, 4.69) is 9.97 Å². The Morgan fingerprint density at radius 1 is 1.12 bits per heavy atom. The van der Waals surface area contributed by atoms with Crippen LogP contribution in [0.2, 0.25) is 0 Å². The summed E-state index contributed by atoms with van der Waals surface area (Å²) in [5.74, 6) is -3.87. The molecule has 0 atom stereocenters. The van der Waals surface area contributed by atoms with Gasteiger partial charge in [-0.15, -0.1) is 0 Å². The molecule has 0 radical (unpaired) electrons. The van der Waals surface area contributed by atoms with Crippen molar-refractivity contribution < 1.29 is 13.2 Å². The Morgan fingerprint density at radius 2 is 1.81 bits per heavy atom. The van der Waals surface area contributed by atoms with Crippen LogP contribution in [0.5, 0.6) is 0 Å². The van der Waals surface area contributed by atoms with E-state index in [-0.39, 0.29) is 5.82 Å². The van der Waals surface area contributed by atoms with Gasteiger partial charge < -0.3 is 0 Å². The van der Waals surface area contributed by atoms with E-state index in [1.54, 1.807) is 13.8 Å². The average Bonchev–Trinajstić information content (AvgIpc) is 2.54. The monoisotopic (exact) mass is 227 g/mol. The number of hydrogen-bond acceptors (Lipinski definition) is 2. The lowest BCUT2D eigenvalue weighted by Gasteiger charge is -2.06. The van der Waals surface area contributed by atoms with E-state index in [0.717, 1.165) is 0 Å². The van der Waals surface area contributed by atoms with Crippen LogP contribution in [0.15, 0.2) is 12.4 Å². The Bertz CT molecular complexity index is 548. The molecule has 2 rings (SSSR count). The number of imidazole rings is 1. The number of nitrogens with zero attached hydrogens (tertiary/aromatic N) is 3. The van der Waals surface area contributed by atoms with E-state index >= 15 is 0 Å². The van der Waals surface area contributed by atoms with Crippen LogP contribution >= 0.6 is 0 Å². The number of halogens is 3. The lowest BCUT2D eigenvalue weighted by atomic mass is 10.3. The van der Waals surface area contributed by atoms with Gasteiger partial charge in [-0.05, 0) is 13.8 Å². The normalized spacial score (nSPS) is 10.8. The first-order chi connectivity index (χ1) is 7.50. The van der Waals surface area contributed by atoms with Gasteiger partial charge in [0.25, 0.3) is 5.95 Å². The topological polar surface area (TPSA) is 30.7 Å². The van der Waals surface area contributed by atoms with Gasteiger partial charge in [0.2, 0.25) is 0 Å². The molecule has 2 heterocycles. The quantitative estimate of drug-likeness (QED) is 0.700. The van der Waals surface area contributed by atoms with Crippen LogP contribution in [-0.2, 0) is 0 Å². The molecular formula is C10H8F3N3. The molecular weight excluding hydrogens is 219 g/mol. The van der Waals surface area contributed by atoms with E-state index in [1.807, 2.05) is 0 Å².